The highest BCUT2D eigenvalue weighted by molar-refractivity contribution is 5.16. The summed E-state index contributed by atoms with van der Waals surface area (Å²) in [5, 5.41) is 11.3. The molecule has 0 aliphatic heterocycles. The Morgan fingerprint density at radius 1 is 1.44 bits per heavy atom. The zero-order chi connectivity index (χ0) is 13.0. The second kappa shape index (κ2) is 5.82. The smallest absolute Gasteiger partial charge is 0.152 e. The Balaban J connectivity index is 2.08. The van der Waals surface area contributed by atoms with E-state index < -0.39 is 0 Å². The zero-order valence-corrected chi connectivity index (χ0v) is 11.3. The van der Waals surface area contributed by atoms with Crippen molar-refractivity contribution < 1.29 is 0 Å². The van der Waals surface area contributed by atoms with Crippen LogP contribution in [-0.2, 0) is 13.6 Å². The van der Waals surface area contributed by atoms with Gasteiger partial charge in [-0.3, -0.25) is 0 Å². The molecule has 1 atom stereocenters. The zero-order valence-electron chi connectivity index (χ0n) is 11.3. The summed E-state index contributed by atoms with van der Waals surface area (Å²) in [6.45, 7) is 2.97. The van der Waals surface area contributed by atoms with Gasteiger partial charge in [0.05, 0.1) is 6.54 Å². The van der Waals surface area contributed by atoms with Crippen LogP contribution in [-0.4, -0.2) is 26.4 Å². The molecule has 2 heterocycles. The standard InChI is InChI=1S/C13H21N5/c1-4-5-12(14-2)11-6-7-18(8-11)9-13-16-15-10-17(13)3/h6-8,10,12,14H,4-5,9H2,1-3H3. The third-order valence-electron chi connectivity index (χ3n) is 3.23. The summed E-state index contributed by atoms with van der Waals surface area (Å²) in [6, 6.07) is 2.61. The van der Waals surface area contributed by atoms with Gasteiger partial charge in [-0.25, -0.2) is 0 Å². The van der Waals surface area contributed by atoms with Crippen molar-refractivity contribution in [1.29, 1.82) is 0 Å². The summed E-state index contributed by atoms with van der Waals surface area (Å²) in [4.78, 5) is 0. The monoisotopic (exact) mass is 247 g/mol. The van der Waals surface area contributed by atoms with Crippen molar-refractivity contribution in [2.75, 3.05) is 7.05 Å². The van der Waals surface area contributed by atoms with E-state index in [0.29, 0.717) is 6.04 Å². The minimum atomic E-state index is 0.441. The van der Waals surface area contributed by atoms with Crippen molar-refractivity contribution in [3.63, 3.8) is 0 Å². The van der Waals surface area contributed by atoms with Crippen LogP contribution in [0.1, 0.15) is 37.2 Å². The second-order valence-electron chi connectivity index (χ2n) is 4.61. The Bertz CT molecular complexity index is 485. The molecule has 1 unspecified atom stereocenters. The van der Waals surface area contributed by atoms with Gasteiger partial charge in [0.15, 0.2) is 5.82 Å². The Hall–Kier alpha value is -1.62. The Kier molecular flexibility index (Phi) is 4.15. The molecule has 5 nitrogen and oxygen atoms in total. The second-order valence-corrected chi connectivity index (χ2v) is 4.61. The first-order valence-electron chi connectivity index (χ1n) is 6.40. The van der Waals surface area contributed by atoms with Gasteiger partial charge in [-0.2, -0.15) is 0 Å². The van der Waals surface area contributed by atoms with E-state index in [2.05, 4.69) is 45.5 Å². The van der Waals surface area contributed by atoms with Crippen LogP contribution in [0.5, 0.6) is 0 Å². The third kappa shape index (κ3) is 2.79. The molecule has 5 heteroatoms. The number of nitrogens with one attached hydrogen (secondary N) is 1. The number of nitrogens with zero attached hydrogens (tertiary/aromatic N) is 4. The lowest BCUT2D eigenvalue weighted by molar-refractivity contribution is 0.540. The molecule has 0 amide bonds. The minimum Gasteiger partial charge on any atom is -0.346 e. The SMILES string of the molecule is CCCC(NC)c1ccn(Cc2nncn2C)c1. The summed E-state index contributed by atoms with van der Waals surface area (Å²) >= 11 is 0. The topological polar surface area (TPSA) is 47.7 Å². The third-order valence-corrected chi connectivity index (χ3v) is 3.23. The number of hydrogen-bond donors (Lipinski definition) is 1. The molecule has 0 aliphatic rings. The number of aromatic nitrogens is 4. The van der Waals surface area contributed by atoms with Crippen LogP contribution in [0.25, 0.3) is 0 Å². The van der Waals surface area contributed by atoms with Crippen molar-refractivity contribution in [3.05, 3.63) is 36.2 Å². The summed E-state index contributed by atoms with van der Waals surface area (Å²) in [5.41, 5.74) is 1.33. The van der Waals surface area contributed by atoms with Crippen LogP contribution in [0.3, 0.4) is 0 Å². The predicted octanol–water partition coefficient (Wildman–Crippen LogP) is 1.73. The highest BCUT2D eigenvalue weighted by Gasteiger charge is 2.10. The molecular formula is C13H21N5. The van der Waals surface area contributed by atoms with Crippen molar-refractivity contribution in [3.8, 4) is 0 Å². The van der Waals surface area contributed by atoms with Crippen LogP contribution in [0.15, 0.2) is 24.8 Å². The molecule has 0 aromatic carbocycles. The number of hydrogen-bond acceptors (Lipinski definition) is 3. The van der Waals surface area contributed by atoms with E-state index >= 15 is 0 Å². The van der Waals surface area contributed by atoms with E-state index in [-0.39, 0.29) is 0 Å². The Labute approximate surface area is 108 Å². The Morgan fingerprint density at radius 2 is 2.28 bits per heavy atom. The highest BCUT2D eigenvalue weighted by atomic mass is 15.3. The molecular weight excluding hydrogens is 226 g/mol. The summed E-state index contributed by atoms with van der Waals surface area (Å²) in [6.07, 6.45) is 8.35. The fraction of sp³-hybridized carbons (Fsp3) is 0.538. The van der Waals surface area contributed by atoms with Crippen molar-refractivity contribution in [1.82, 2.24) is 24.6 Å². The fourth-order valence-electron chi connectivity index (χ4n) is 2.14. The number of aryl methyl sites for hydroxylation is 1. The maximum Gasteiger partial charge on any atom is 0.152 e. The molecule has 98 valence electrons. The van der Waals surface area contributed by atoms with Gasteiger partial charge in [-0.1, -0.05) is 13.3 Å². The predicted molar refractivity (Wildman–Crippen MR) is 71.2 cm³/mol. The average Bonchev–Trinajstić information content (AvgIpc) is 2.97. The van der Waals surface area contributed by atoms with Gasteiger partial charge in [-0.15, -0.1) is 10.2 Å². The lowest BCUT2D eigenvalue weighted by Gasteiger charge is -2.13. The van der Waals surface area contributed by atoms with E-state index in [1.807, 2.05) is 18.7 Å². The average molecular weight is 247 g/mol. The van der Waals surface area contributed by atoms with Gasteiger partial charge in [0.2, 0.25) is 0 Å². The first kappa shape index (κ1) is 12.8. The molecule has 0 fully saturated rings. The summed E-state index contributed by atoms with van der Waals surface area (Å²) in [7, 11) is 3.98. The van der Waals surface area contributed by atoms with Crippen molar-refractivity contribution in [2.24, 2.45) is 7.05 Å². The van der Waals surface area contributed by atoms with E-state index in [9.17, 15) is 0 Å². The van der Waals surface area contributed by atoms with E-state index in [4.69, 9.17) is 0 Å². The maximum absolute atomic E-state index is 4.10. The highest BCUT2D eigenvalue weighted by Crippen LogP contribution is 2.18. The first-order valence-corrected chi connectivity index (χ1v) is 6.40. The molecule has 0 saturated heterocycles. The van der Waals surface area contributed by atoms with E-state index in [0.717, 1.165) is 18.8 Å². The summed E-state index contributed by atoms with van der Waals surface area (Å²) in [5.74, 6) is 0.966. The maximum atomic E-state index is 4.10. The largest absolute Gasteiger partial charge is 0.346 e. The van der Waals surface area contributed by atoms with Gasteiger partial charge >= 0.3 is 0 Å². The molecule has 0 bridgehead atoms. The Morgan fingerprint density at radius 3 is 2.89 bits per heavy atom. The number of rotatable bonds is 6. The molecule has 0 saturated carbocycles. The quantitative estimate of drug-likeness (QED) is 0.845. The van der Waals surface area contributed by atoms with Gasteiger partial charge < -0.3 is 14.5 Å². The first-order chi connectivity index (χ1) is 8.74. The van der Waals surface area contributed by atoms with E-state index in [1.165, 1.54) is 12.0 Å². The molecule has 18 heavy (non-hydrogen) atoms. The van der Waals surface area contributed by atoms with Gasteiger partial charge in [-0.05, 0) is 25.1 Å². The van der Waals surface area contributed by atoms with Crippen LogP contribution < -0.4 is 5.32 Å². The van der Waals surface area contributed by atoms with Gasteiger partial charge in [0.25, 0.3) is 0 Å². The van der Waals surface area contributed by atoms with Gasteiger partial charge in [0, 0.05) is 25.5 Å². The lowest BCUT2D eigenvalue weighted by atomic mass is 10.1. The molecule has 2 aromatic heterocycles. The molecule has 0 aliphatic carbocycles. The van der Waals surface area contributed by atoms with Crippen molar-refractivity contribution >= 4 is 0 Å². The normalized spacial score (nSPS) is 12.8. The summed E-state index contributed by atoms with van der Waals surface area (Å²) < 4.78 is 4.10. The molecule has 2 rings (SSSR count). The van der Waals surface area contributed by atoms with Crippen LogP contribution in [0.2, 0.25) is 0 Å². The molecule has 0 radical (unpaired) electrons. The molecule has 1 N–H and O–H groups in total. The molecule has 0 spiro atoms. The fourth-order valence-corrected chi connectivity index (χ4v) is 2.14. The van der Waals surface area contributed by atoms with Crippen molar-refractivity contribution in [2.45, 2.75) is 32.4 Å². The van der Waals surface area contributed by atoms with Crippen LogP contribution in [0.4, 0.5) is 0 Å². The van der Waals surface area contributed by atoms with Crippen LogP contribution in [0, 0.1) is 0 Å². The van der Waals surface area contributed by atoms with Gasteiger partial charge in [0.1, 0.15) is 6.33 Å². The lowest BCUT2D eigenvalue weighted by Crippen LogP contribution is -2.15. The minimum absolute atomic E-state index is 0.441. The van der Waals surface area contributed by atoms with E-state index in [1.54, 1.807) is 6.33 Å². The molecule has 2 aromatic rings. The van der Waals surface area contributed by atoms with Crippen LogP contribution >= 0.6 is 0 Å².